The summed E-state index contributed by atoms with van der Waals surface area (Å²) in [6.07, 6.45) is 1.62. The molecule has 1 aliphatic rings. The van der Waals surface area contributed by atoms with Crippen molar-refractivity contribution in [2.75, 3.05) is 31.6 Å². The van der Waals surface area contributed by atoms with Gasteiger partial charge in [-0.15, -0.1) is 6.58 Å². The molecule has 0 aromatic heterocycles. The van der Waals surface area contributed by atoms with Gasteiger partial charge in [0.15, 0.2) is 0 Å². The number of hydrogen-bond donors (Lipinski definition) is 0. The van der Waals surface area contributed by atoms with Crippen LogP contribution in [0, 0.1) is 6.92 Å². The third kappa shape index (κ3) is 2.52. The minimum Gasteiger partial charge on any atom is -0.495 e. The molecule has 1 aromatic rings. The maximum absolute atomic E-state index is 12.2. The monoisotopic (exact) mass is 274 g/mol. The molecule has 5 nitrogen and oxygen atoms in total. The number of rotatable bonds is 4. The highest BCUT2D eigenvalue weighted by Gasteiger charge is 2.33. The van der Waals surface area contributed by atoms with Crippen LogP contribution in [-0.4, -0.2) is 43.5 Å². The van der Waals surface area contributed by atoms with E-state index in [0.717, 1.165) is 5.56 Å². The minimum atomic E-state index is -0.526. The predicted octanol–water partition coefficient (Wildman–Crippen LogP) is 1.36. The van der Waals surface area contributed by atoms with Gasteiger partial charge >= 0.3 is 11.8 Å². The van der Waals surface area contributed by atoms with Crippen molar-refractivity contribution in [2.24, 2.45) is 0 Å². The number of anilines is 1. The lowest BCUT2D eigenvalue weighted by molar-refractivity contribution is -0.145. The molecule has 0 N–H and O–H groups in total. The molecule has 0 saturated carbocycles. The highest BCUT2D eigenvalue weighted by Crippen LogP contribution is 2.30. The number of amides is 2. The number of piperazine rings is 1. The zero-order valence-corrected chi connectivity index (χ0v) is 11.8. The molecule has 106 valence electrons. The number of carbonyl (C=O) groups excluding carboxylic acids is 2. The van der Waals surface area contributed by atoms with Crippen LogP contribution in [0.15, 0.2) is 30.9 Å². The first-order valence-electron chi connectivity index (χ1n) is 6.44. The molecule has 5 heteroatoms. The molecule has 20 heavy (non-hydrogen) atoms. The molecule has 1 aliphatic heterocycles. The Labute approximate surface area is 118 Å². The van der Waals surface area contributed by atoms with Gasteiger partial charge in [-0.05, 0) is 24.6 Å². The van der Waals surface area contributed by atoms with Crippen LogP contribution in [0.1, 0.15) is 5.56 Å². The van der Waals surface area contributed by atoms with Crippen LogP contribution in [0.5, 0.6) is 5.75 Å². The van der Waals surface area contributed by atoms with Crippen LogP contribution in [-0.2, 0) is 9.59 Å². The molecule has 0 spiro atoms. The number of aryl methyl sites for hydroxylation is 1. The number of benzene rings is 1. The van der Waals surface area contributed by atoms with E-state index in [1.54, 1.807) is 19.3 Å². The van der Waals surface area contributed by atoms with E-state index in [1.165, 1.54) is 9.80 Å². The fourth-order valence-corrected chi connectivity index (χ4v) is 2.25. The van der Waals surface area contributed by atoms with Gasteiger partial charge in [0, 0.05) is 19.6 Å². The van der Waals surface area contributed by atoms with Gasteiger partial charge in [-0.3, -0.25) is 14.5 Å². The van der Waals surface area contributed by atoms with E-state index in [-0.39, 0.29) is 0 Å². The van der Waals surface area contributed by atoms with Crippen LogP contribution < -0.4 is 9.64 Å². The SMILES string of the molecule is C=CCN1CCN(c2cc(C)ccc2OC)C(=O)C1=O. The van der Waals surface area contributed by atoms with E-state index < -0.39 is 11.8 Å². The van der Waals surface area contributed by atoms with Crippen LogP contribution in [0.3, 0.4) is 0 Å². The van der Waals surface area contributed by atoms with Gasteiger partial charge in [-0.1, -0.05) is 12.1 Å². The van der Waals surface area contributed by atoms with E-state index in [0.29, 0.717) is 31.1 Å². The zero-order chi connectivity index (χ0) is 14.7. The average Bonchev–Trinajstić information content (AvgIpc) is 2.44. The van der Waals surface area contributed by atoms with Crippen molar-refractivity contribution in [3.63, 3.8) is 0 Å². The lowest BCUT2D eigenvalue weighted by atomic mass is 10.1. The third-order valence-electron chi connectivity index (χ3n) is 3.28. The molecule has 0 radical (unpaired) electrons. The van der Waals surface area contributed by atoms with Gasteiger partial charge in [0.2, 0.25) is 0 Å². The second kappa shape index (κ2) is 5.77. The summed E-state index contributed by atoms with van der Waals surface area (Å²) in [5, 5.41) is 0. The number of methoxy groups -OCH3 is 1. The van der Waals surface area contributed by atoms with Crippen LogP contribution >= 0.6 is 0 Å². The van der Waals surface area contributed by atoms with Crippen molar-refractivity contribution in [1.29, 1.82) is 0 Å². The summed E-state index contributed by atoms with van der Waals surface area (Å²) < 4.78 is 5.28. The average molecular weight is 274 g/mol. The van der Waals surface area contributed by atoms with Crippen molar-refractivity contribution in [3.8, 4) is 5.75 Å². The summed E-state index contributed by atoms with van der Waals surface area (Å²) in [6.45, 7) is 6.87. The summed E-state index contributed by atoms with van der Waals surface area (Å²) in [4.78, 5) is 27.2. The Morgan fingerprint density at radius 1 is 1.30 bits per heavy atom. The highest BCUT2D eigenvalue weighted by atomic mass is 16.5. The smallest absolute Gasteiger partial charge is 0.316 e. The fourth-order valence-electron chi connectivity index (χ4n) is 2.25. The summed E-state index contributed by atoms with van der Waals surface area (Å²) in [5.41, 5.74) is 1.65. The Morgan fingerprint density at radius 2 is 2.05 bits per heavy atom. The first kappa shape index (κ1) is 14.1. The summed E-state index contributed by atoms with van der Waals surface area (Å²) >= 11 is 0. The molecule has 0 aliphatic carbocycles. The topological polar surface area (TPSA) is 49.9 Å². The zero-order valence-electron chi connectivity index (χ0n) is 11.8. The lowest BCUT2D eigenvalue weighted by Gasteiger charge is -2.33. The molecular weight excluding hydrogens is 256 g/mol. The van der Waals surface area contributed by atoms with Gasteiger partial charge in [0.1, 0.15) is 5.75 Å². The molecule has 1 heterocycles. The summed E-state index contributed by atoms with van der Waals surface area (Å²) in [5.74, 6) is -0.435. The van der Waals surface area contributed by atoms with Crippen molar-refractivity contribution in [2.45, 2.75) is 6.92 Å². The van der Waals surface area contributed by atoms with Crippen molar-refractivity contribution in [3.05, 3.63) is 36.4 Å². The van der Waals surface area contributed by atoms with Crippen LogP contribution in [0.2, 0.25) is 0 Å². The Morgan fingerprint density at radius 3 is 2.70 bits per heavy atom. The van der Waals surface area contributed by atoms with E-state index in [9.17, 15) is 9.59 Å². The molecule has 1 fully saturated rings. The summed E-state index contributed by atoms with van der Waals surface area (Å²) in [6, 6.07) is 5.56. The van der Waals surface area contributed by atoms with E-state index in [2.05, 4.69) is 6.58 Å². The second-order valence-electron chi connectivity index (χ2n) is 4.67. The van der Waals surface area contributed by atoms with Crippen LogP contribution in [0.4, 0.5) is 5.69 Å². The maximum Gasteiger partial charge on any atom is 0.316 e. The number of ether oxygens (including phenoxy) is 1. The first-order valence-corrected chi connectivity index (χ1v) is 6.44. The molecule has 0 atom stereocenters. The number of nitrogens with zero attached hydrogens (tertiary/aromatic N) is 2. The molecule has 0 bridgehead atoms. The van der Waals surface area contributed by atoms with Crippen molar-refractivity contribution >= 4 is 17.5 Å². The van der Waals surface area contributed by atoms with Gasteiger partial charge < -0.3 is 9.64 Å². The Bertz CT molecular complexity index is 554. The molecule has 1 aromatic carbocycles. The molecule has 2 amide bonds. The Hall–Kier alpha value is -2.30. The van der Waals surface area contributed by atoms with Gasteiger partial charge in [0.05, 0.1) is 12.8 Å². The van der Waals surface area contributed by atoms with E-state index in [1.807, 2.05) is 19.1 Å². The highest BCUT2D eigenvalue weighted by molar-refractivity contribution is 6.41. The lowest BCUT2D eigenvalue weighted by Crippen LogP contribution is -2.54. The van der Waals surface area contributed by atoms with E-state index in [4.69, 9.17) is 4.74 Å². The van der Waals surface area contributed by atoms with Crippen LogP contribution in [0.25, 0.3) is 0 Å². The molecule has 2 rings (SSSR count). The quantitative estimate of drug-likeness (QED) is 0.615. The standard InChI is InChI=1S/C15H18N2O3/c1-4-7-16-8-9-17(15(19)14(16)18)12-10-11(2)5-6-13(12)20-3/h4-6,10H,1,7-9H2,2-3H3. The number of hydrogen-bond acceptors (Lipinski definition) is 3. The Balaban J connectivity index is 2.31. The fraction of sp³-hybridized carbons (Fsp3) is 0.333. The summed E-state index contributed by atoms with van der Waals surface area (Å²) in [7, 11) is 1.55. The van der Waals surface area contributed by atoms with Gasteiger partial charge in [-0.25, -0.2) is 0 Å². The normalized spacial score (nSPS) is 15.5. The molecule has 0 unspecified atom stereocenters. The van der Waals surface area contributed by atoms with Crippen molar-refractivity contribution in [1.82, 2.24) is 4.90 Å². The maximum atomic E-state index is 12.2. The van der Waals surface area contributed by atoms with Crippen molar-refractivity contribution < 1.29 is 14.3 Å². The number of carbonyl (C=O) groups is 2. The van der Waals surface area contributed by atoms with Gasteiger partial charge in [-0.2, -0.15) is 0 Å². The minimum absolute atomic E-state index is 0.392. The van der Waals surface area contributed by atoms with E-state index >= 15 is 0 Å². The predicted molar refractivity (Wildman–Crippen MR) is 76.9 cm³/mol. The molecule has 1 saturated heterocycles. The first-order chi connectivity index (χ1) is 9.58. The molecular formula is C15H18N2O3. The largest absolute Gasteiger partial charge is 0.495 e. The Kier molecular flexibility index (Phi) is 4.08. The third-order valence-corrected chi connectivity index (χ3v) is 3.28. The van der Waals surface area contributed by atoms with Gasteiger partial charge in [0.25, 0.3) is 0 Å². The second-order valence-corrected chi connectivity index (χ2v) is 4.67.